The monoisotopic (exact) mass is 128 g/mol. The van der Waals surface area contributed by atoms with Gasteiger partial charge >= 0.3 is 0 Å². The number of nitrogens with zero attached hydrogens (tertiary/aromatic N) is 1. The lowest BCUT2D eigenvalue weighted by Crippen LogP contribution is -1.88. The van der Waals surface area contributed by atoms with Gasteiger partial charge in [-0.15, -0.1) is 0 Å². The van der Waals surface area contributed by atoms with E-state index in [9.17, 15) is 8.78 Å². The summed E-state index contributed by atoms with van der Waals surface area (Å²) in [5.74, 6) is -1.29. The smallest absolute Gasteiger partial charge is 0.216 e. The van der Waals surface area contributed by atoms with Crippen LogP contribution < -0.4 is 0 Å². The molecule has 0 N–H and O–H groups in total. The summed E-state index contributed by atoms with van der Waals surface area (Å²) in [6.07, 6.45) is 0.810. The third-order valence-electron chi connectivity index (χ3n) is 0.878. The Morgan fingerprint density at radius 1 is 1.44 bits per heavy atom. The average molecular weight is 128 g/mol. The van der Waals surface area contributed by atoms with E-state index in [2.05, 4.69) is 11.9 Å². The normalized spacial score (nSPS) is 9.67. The highest BCUT2D eigenvalue weighted by Gasteiger charge is 1.97. The minimum absolute atomic E-state index is 0.0185. The highest BCUT2D eigenvalue weighted by molar-refractivity contribution is 5.14. The molecular formula is C6H4F2N. The molecule has 0 aliphatic heterocycles. The van der Waals surface area contributed by atoms with Crippen LogP contribution in [0.25, 0.3) is 0 Å². The van der Waals surface area contributed by atoms with Crippen LogP contribution in [-0.2, 0) is 0 Å². The lowest BCUT2D eigenvalue weighted by Gasteiger charge is -1.91. The van der Waals surface area contributed by atoms with Gasteiger partial charge in [0, 0.05) is 5.56 Å². The van der Waals surface area contributed by atoms with Gasteiger partial charge in [0.2, 0.25) is 5.95 Å². The van der Waals surface area contributed by atoms with Gasteiger partial charge < -0.3 is 0 Å². The molecule has 1 heterocycles. The Morgan fingerprint density at radius 3 is 2.56 bits per heavy atom. The minimum Gasteiger partial charge on any atom is -0.225 e. The van der Waals surface area contributed by atoms with Crippen LogP contribution in [0.1, 0.15) is 5.56 Å². The van der Waals surface area contributed by atoms with Gasteiger partial charge in [0.15, 0.2) is 0 Å². The van der Waals surface area contributed by atoms with Crippen molar-refractivity contribution in [3.8, 4) is 0 Å². The molecule has 9 heavy (non-hydrogen) atoms. The van der Waals surface area contributed by atoms with Crippen LogP contribution in [0.4, 0.5) is 8.78 Å². The van der Waals surface area contributed by atoms with Crippen LogP contribution in [0.2, 0.25) is 0 Å². The van der Waals surface area contributed by atoms with E-state index in [1.165, 1.54) is 0 Å². The minimum atomic E-state index is -0.726. The molecule has 1 aromatic heterocycles. The molecule has 0 aromatic carbocycles. The van der Waals surface area contributed by atoms with Crippen molar-refractivity contribution < 1.29 is 8.78 Å². The van der Waals surface area contributed by atoms with E-state index >= 15 is 0 Å². The lowest BCUT2D eigenvalue weighted by molar-refractivity contribution is 0.555. The molecule has 0 aliphatic rings. The van der Waals surface area contributed by atoms with Crippen molar-refractivity contribution in [1.29, 1.82) is 0 Å². The van der Waals surface area contributed by atoms with Crippen LogP contribution in [0, 0.1) is 18.7 Å². The molecule has 0 saturated carbocycles. The molecule has 0 aliphatic carbocycles. The standard InChI is InChI=1S/C6H4F2N/c1-4-2-5(7)3-9-6(4)8/h2-3H,1H2. The van der Waals surface area contributed by atoms with Gasteiger partial charge in [-0.1, -0.05) is 0 Å². The van der Waals surface area contributed by atoms with Crippen LogP contribution in [0.5, 0.6) is 0 Å². The van der Waals surface area contributed by atoms with Gasteiger partial charge in [-0.25, -0.2) is 9.37 Å². The fraction of sp³-hybridized carbons (Fsp3) is 0. The third kappa shape index (κ3) is 1.22. The van der Waals surface area contributed by atoms with Crippen LogP contribution >= 0.6 is 0 Å². The molecule has 0 amide bonds. The van der Waals surface area contributed by atoms with E-state index in [1.54, 1.807) is 0 Å². The molecule has 47 valence electrons. The Bertz CT molecular complexity index is 222. The molecule has 0 saturated heterocycles. The Morgan fingerprint density at radius 2 is 2.11 bits per heavy atom. The summed E-state index contributed by atoms with van der Waals surface area (Å²) in [7, 11) is 0. The van der Waals surface area contributed by atoms with Crippen molar-refractivity contribution in [2.75, 3.05) is 0 Å². The Hall–Kier alpha value is -0.990. The zero-order valence-electron chi connectivity index (χ0n) is 4.56. The number of aromatic nitrogens is 1. The quantitative estimate of drug-likeness (QED) is 0.483. The summed E-state index contributed by atoms with van der Waals surface area (Å²) in [5.41, 5.74) is -0.0185. The fourth-order valence-corrected chi connectivity index (χ4v) is 0.465. The molecule has 0 unspecified atom stereocenters. The van der Waals surface area contributed by atoms with E-state index in [4.69, 9.17) is 0 Å². The summed E-state index contributed by atoms with van der Waals surface area (Å²) < 4.78 is 24.2. The number of halogens is 2. The van der Waals surface area contributed by atoms with Crippen LogP contribution in [-0.4, -0.2) is 4.98 Å². The Kier molecular flexibility index (Phi) is 1.42. The lowest BCUT2D eigenvalue weighted by atomic mass is 10.3. The van der Waals surface area contributed by atoms with Crippen molar-refractivity contribution in [3.05, 3.63) is 36.5 Å². The molecule has 0 bridgehead atoms. The van der Waals surface area contributed by atoms with Gasteiger partial charge in [0.05, 0.1) is 6.20 Å². The van der Waals surface area contributed by atoms with Crippen LogP contribution in [0.3, 0.4) is 0 Å². The molecule has 1 rings (SSSR count). The van der Waals surface area contributed by atoms with Crippen molar-refractivity contribution in [2.45, 2.75) is 0 Å². The maximum absolute atomic E-state index is 12.2. The zero-order valence-corrected chi connectivity index (χ0v) is 4.56. The fourth-order valence-electron chi connectivity index (χ4n) is 0.465. The summed E-state index contributed by atoms with van der Waals surface area (Å²) in [4.78, 5) is 3.07. The van der Waals surface area contributed by atoms with Gasteiger partial charge in [-0.3, -0.25) is 0 Å². The summed E-state index contributed by atoms with van der Waals surface area (Å²) in [6.45, 7) is 3.20. The molecule has 1 nitrogen and oxygen atoms in total. The van der Waals surface area contributed by atoms with Gasteiger partial charge in [-0.2, -0.15) is 4.39 Å². The van der Waals surface area contributed by atoms with Crippen LogP contribution in [0.15, 0.2) is 12.3 Å². The summed E-state index contributed by atoms with van der Waals surface area (Å²) in [5, 5.41) is 0. The van der Waals surface area contributed by atoms with Gasteiger partial charge in [0.25, 0.3) is 0 Å². The van der Waals surface area contributed by atoms with Gasteiger partial charge in [-0.05, 0) is 13.0 Å². The maximum atomic E-state index is 12.2. The van der Waals surface area contributed by atoms with Gasteiger partial charge in [0.1, 0.15) is 5.82 Å². The second kappa shape index (κ2) is 2.09. The molecule has 0 fully saturated rings. The topological polar surface area (TPSA) is 12.9 Å². The second-order valence-corrected chi connectivity index (χ2v) is 1.60. The molecule has 1 radical (unpaired) electrons. The SMILES string of the molecule is [CH2]c1cc(F)cnc1F. The first-order chi connectivity index (χ1) is 4.20. The molecule has 3 heteroatoms. The van der Waals surface area contributed by atoms with Crippen molar-refractivity contribution in [3.63, 3.8) is 0 Å². The average Bonchev–Trinajstić information content (AvgIpc) is 1.80. The zero-order chi connectivity index (χ0) is 6.85. The number of rotatable bonds is 0. The second-order valence-electron chi connectivity index (χ2n) is 1.60. The van der Waals surface area contributed by atoms with E-state index in [0.29, 0.717) is 0 Å². The largest absolute Gasteiger partial charge is 0.225 e. The van der Waals surface area contributed by atoms with E-state index in [1.807, 2.05) is 0 Å². The first-order valence-corrected chi connectivity index (χ1v) is 2.33. The number of pyridine rings is 1. The molecule has 1 aromatic rings. The highest BCUT2D eigenvalue weighted by atomic mass is 19.1. The predicted molar refractivity (Wildman–Crippen MR) is 28.6 cm³/mol. The predicted octanol–water partition coefficient (Wildman–Crippen LogP) is 1.54. The van der Waals surface area contributed by atoms with E-state index < -0.39 is 11.8 Å². The number of hydrogen-bond acceptors (Lipinski definition) is 1. The molecule has 0 atom stereocenters. The molecule has 0 spiro atoms. The summed E-state index contributed by atoms with van der Waals surface area (Å²) >= 11 is 0. The van der Waals surface area contributed by atoms with Crippen molar-refractivity contribution in [2.24, 2.45) is 0 Å². The maximum Gasteiger partial charge on any atom is 0.216 e. The number of hydrogen-bond donors (Lipinski definition) is 0. The Balaban J connectivity index is 3.17. The summed E-state index contributed by atoms with van der Waals surface area (Å²) in [6, 6.07) is 0.988. The van der Waals surface area contributed by atoms with Crippen molar-refractivity contribution >= 4 is 0 Å². The Labute approximate surface area is 51.3 Å². The van der Waals surface area contributed by atoms with E-state index in [0.717, 1.165) is 12.3 Å². The highest BCUT2D eigenvalue weighted by Crippen LogP contribution is 2.02. The molecular weight excluding hydrogens is 124 g/mol. The van der Waals surface area contributed by atoms with Crippen molar-refractivity contribution in [1.82, 2.24) is 4.98 Å². The first-order valence-electron chi connectivity index (χ1n) is 2.33. The van der Waals surface area contributed by atoms with E-state index in [-0.39, 0.29) is 5.56 Å². The third-order valence-corrected chi connectivity index (χ3v) is 0.878. The first kappa shape index (κ1) is 6.13.